The Morgan fingerprint density at radius 1 is 1.67 bits per heavy atom. The van der Waals surface area contributed by atoms with E-state index in [0.29, 0.717) is 11.0 Å². The van der Waals surface area contributed by atoms with Gasteiger partial charge in [0.15, 0.2) is 0 Å². The molecule has 1 aromatic carbocycles. The van der Waals surface area contributed by atoms with Crippen molar-refractivity contribution in [2.24, 2.45) is 0 Å². The molecule has 1 rings (SSSR count). The van der Waals surface area contributed by atoms with Crippen LogP contribution in [0.5, 0.6) is 0 Å². The zero-order valence-corrected chi connectivity index (χ0v) is 10.4. The highest BCUT2D eigenvalue weighted by molar-refractivity contribution is 9.10. The SMILES string of the molecule is CC(Cl)CNC(=O)c1cc(F)ccc1Br. The van der Waals surface area contributed by atoms with Crippen LogP contribution >= 0.6 is 27.5 Å². The van der Waals surface area contributed by atoms with Gasteiger partial charge in [-0.05, 0) is 41.1 Å². The molecule has 0 saturated heterocycles. The molecular formula is C10H10BrClFNO. The number of amides is 1. The lowest BCUT2D eigenvalue weighted by Crippen LogP contribution is -2.28. The first-order valence-electron chi connectivity index (χ1n) is 4.38. The Labute approximate surface area is 101 Å². The molecule has 0 bridgehead atoms. The molecule has 0 saturated carbocycles. The maximum absolute atomic E-state index is 12.9. The molecule has 0 aromatic heterocycles. The fraction of sp³-hybridized carbons (Fsp3) is 0.300. The summed E-state index contributed by atoms with van der Waals surface area (Å²) in [5, 5.41) is 2.45. The first-order chi connectivity index (χ1) is 7.00. The summed E-state index contributed by atoms with van der Waals surface area (Å²) < 4.78 is 13.4. The predicted octanol–water partition coefficient (Wildman–Crippen LogP) is 2.95. The van der Waals surface area contributed by atoms with Gasteiger partial charge >= 0.3 is 0 Å². The fourth-order valence-corrected chi connectivity index (χ4v) is 1.50. The van der Waals surface area contributed by atoms with E-state index in [9.17, 15) is 9.18 Å². The molecular weight excluding hydrogens is 284 g/mol. The van der Waals surface area contributed by atoms with Gasteiger partial charge in [-0.25, -0.2) is 4.39 Å². The van der Waals surface area contributed by atoms with Crippen molar-refractivity contribution in [2.45, 2.75) is 12.3 Å². The number of hydrogen-bond donors (Lipinski definition) is 1. The summed E-state index contributed by atoms with van der Waals surface area (Å²) >= 11 is 8.86. The van der Waals surface area contributed by atoms with Gasteiger partial charge in [0.25, 0.3) is 5.91 Å². The fourth-order valence-electron chi connectivity index (χ4n) is 1.00. The summed E-state index contributed by atoms with van der Waals surface area (Å²) in [6.07, 6.45) is 0. The molecule has 1 aromatic rings. The molecule has 0 aliphatic carbocycles. The van der Waals surface area contributed by atoms with Gasteiger partial charge in [-0.3, -0.25) is 4.79 Å². The summed E-state index contributed by atoms with van der Waals surface area (Å²) in [5.74, 6) is -0.781. The van der Waals surface area contributed by atoms with Gasteiger partial charge in [0, 0.05) is 16.4 Å². The summed E-state index contributed by atoms with van der Waals surface area (Å²) in [4.78, 5) is 11.6. The van der Waals surface area contributed by atoms with E-state index >= 15 is 0 Å². The predicted molar refractivity (Wildman–Crippen MR) is 61.7 cm³/mol. The molecule has 1 unspecified atom stereocenters. The van der Waals surface area contributed by atoms with E-state index < -0.39 is 5.82 Å². The third-order valence-electron chi connectivity index (χ3n) is 1.72. The van der Waals surface area contributed by atoms with Crippen LogP contribution in [0.1, 0.15) is 17.3 Å². The minimum atomic E-state index is -0.442. The lowest BCUT2D eigenvalue weighted by atomic mass is 10.2. The normalized spacial score (nSPS) is 12.3. The maximum Gasteiger partial charge on any atom is 0.252 e. The number of benzene rings is 1. The number of rotatable bonds is 3. The van der Waals surface area contributed by atoms with Crippen molar-refractivity contribution in [2.75, 3.05) is 6.54 Å². The Balaban J connectivity index is 2.77. The van der Waals surface area contributed by atoms with Crippen LogP contribution in [0.2, 0.25) is 0 Å². The second-order valence-electron chi connectivity index (χ2n) is 3.11. The number of nitrogens with one attached hydrogen (secondary N) is 1. The van der Waals surface area contributed by atoms with E-state index in [1.807, 2.05) is 0 Å². The van der Waals surface area contributed by atoms with Crippen LogP contribution in [0, 0.1) is 5.82 Å². The van der Waals surface area contributed by atoms with Crippen LogP contribution in [0.15, 0.2) is 22.7 Å². The van der Waals surface area contributed by atoms with Crippen molar-refractivity contribution >= 4 is 33.4 Å². The second-order valence-corrected chi connectivity index (χ2v) is 4.71. The average molecular weight is 295 g/mol. The highest BCUT2D eigenvalue weighted by atomic mass is 79.9. The molecule has 0 radical (unpaired) electrons. The molecule has 0 fully saturated rings. The van der Waals surface area contributed by atoms with Crippen LogP contribution in [0.25, 0.3) is 0 Å². The lowest BCUT2D eigenvalue weighted by molar-refractivity contribution is 0.0952. The smallest absolute Gasteiger partial charge is 0.252 e. The standard InChI is InChI=1S/C10H10BrClFNO/c1-6(12)5-14-10(15)8-4-7(13)2-3-9(8)11/h2-4,6H,5H2,1H3,(H,14,15). The van der Waals surface area contributed by atoms with Gasteiger partial charge in [-0.15, -0.1) is 11.6 Å². The Hall–Kier alpha value is -0.610. The van der Waals surface area contributed by atoms with Crippen LogP contribution in [0.4, 0.5) is 4.39 Å². The molecule has 1 atom stereocenters. The molecule has 15 heavy (non-hydrogen) atoms. The second kappa shape index (κ2) is 5.47. The highest BCUT2D eigenvalue weighted by Crippen LogP contribution is 2.17. The van der Waals surface area contributed by atoms with Crippen LogP contribution in [-0.2, 0) is 0 Å². The van der Waals surface area contributed by atoms with E-state index in [0.717, 1.165) is 0 Å². The zero-order chi connectivity index (χ0) is 11.4. The van der Waals surface area contributed by atoms with Crippen LogP contribution in [0.3, 0.4) is 0 Å². The van der Waals surface area contributed by atoms with Crippen molar-refractivity contribution in [3.05, 3.63) is 34.1 Å². The number of hydrogen-bond acceptors (Lipinski definition) is 1. The Morgan fingerprint density at radius 2 is 2.33 bits per heavy atom. The number of carbonyl (C=O) groups is 1. The van der Waals surface area contributed by atoms with Crippen LogP contribution in [-0.4, -0.2) is 17.8 Å². The van der Waals surface area contributed by atoms with Crippen molar-refractivity contribution in [3.63, 3.8) is 0 Å². The minimum absolute atomic E-state index is 0.152. The van der Waals surface area contributed by atoms with Gasteiger partial charge in [-0.2, -0.15) is 0 Å². The first-order valence-corrected chi connectivity index (χ1v) is 5.61. The van der Waals surface area contributed by atoms with Gasteiger partial charge in [0.2, 0.25) is 0 Å². The van der Waals surface area contributed by atoms with Crippen molar-refractivity contribution in [1.29, 1.82) is 0 Å². The minimum Gasteiger partial charge on any atom is -0.351 e. The third-order valence-corrected chi connectivity index (χ3v) is 2.56. The molecule has 0 heterocycles. The van der Waals surface area contributed by atoms with Crippen LogP contribution < -0.4 is 5.32 Å². The topological polar surface area (TPSA) is 29.1 Å². The van der Waals surface area contributed by atoms with E-state index in [1.165, 1.54) is 18.2 Å². The summed E-state index contributed by atoms with van der Waals surface area (Å²) in [6.45, 7) is 2.12. The molecule has 0 aliphatic rings. The van der Waals surface area contributed by atoms with Crippen molar-refractivity contribution in [1.82, 2.24) is 5.32 Å². The summed E-state index contributed by atoms with van der Waals surface area (Å²) in [5.41, 5.74) is 0.271. The number of carbonyl (C=O) groups excluding carboxylic acids is 1. The molecule has 1 amide bonds. The molecule has 1 N–H and O–H groups in total. The molecule has 0 aliphatic heterocycles. The molecule has 82 valence electrons. The Kier molecular flexibility index (Phi) is 4.54. The third kappa shape index (κ3) is 3.80. The Morgan fingerprint density at radius 3 is 2.93 bits per heavy atom. The van der Waals surface area contributed by atoms with Gasteiger partial charge in [0.05, 0.1) is 5.56 Å². The average Bonchev–Trinajstić information content (AvgIpc) is 2.18. The van der Waals surface area contributed by atoms with Crippen molar-refractivity contribution < 1.29 is 9.18 Å². The summed E-state index contributed by atoms with van der Waals surface area (Å²) in [7, 11) is 0. The number of halogens is 3. The van der Waals surface area contributed by atoms with E-state index in [4.69, 9.17) is 11.6 Å². The van der Waals surface area contributed by atoms with Gasteiger partial charge < -0.3 is 5.32 Å². The maximum atomic E-state index is 12.9. The van der Waals surface area contributed by atoms with E-state index in [-0.39, 0.29) is 16.8 Å². The monoisotopic (exact) mass is 293 g/mol. The highest BCUT2D eigenvalue weighted by Gasteiger charge is 2.11. The molecule has 0 spiro atoms. The molecule has 5 heteroatoms. The molecule has 2 nitrogen and oxygen atoms in total. The first kappa shape index (κ1) is 12.5. The zero-order valence-electron chi connectivity index (χ0n) is 8.06. The Bertz CT molecular complexity index is 370. The van der Waals surface area contributed by atoms with Gasteiger partial charge in [-0.1, -0.05) is 0 Å². The van der Waals surface area contributed by atoms with E-state index in [2.05, 4.69) is 21.2 Å². The van der Waals surface area contributed by atoms with Crippen molar-refractivity contribution in [3.8, 4) is 0 Å². The largest absolute Gasteiger partial charge is 0.351 e. The van der Waals surface area contributed by atoms with Gasteiger partial charge in [0.1, 0.15) is 5.82 Å². The summed E-state index contributed by atoms with van der Waals surface area (Å²) in [6, 6.07) is 3.96. The van der Waals surface area contributed by atoms with E-state index in [1.54, 1.807) is 6.92 Å². The number of alkyl halides is 1. The quantitative estimate of drug-likeness (QED) is 0.853. The lowest BCUT2D eigenvalue weighted by Gasteiger charge is -2.07.